The van der Waals surface area contributed by atoms with Crippen molar-refractivity contribution in [2.75, 3.05) is 5.32 Å². The molecule has 5 heteroatoms. The van der Waals surface area contributed by atoms with Gasteiger partial charge >= 0.3 is 0 Å². The zero-order chi connectivity index (χ0) is 18.1. The summed E-state index contributed by atoms with van der Waals surface area (Å²) in [6, 6.07) is 7.80. The van der Waals surface area contributed by atoms with Gasteiger partial charge in [0.05, 0.1) is 16.4 Å². The molecular weight excluding hydrogens is 334 g/mol. The van der Waals surface area contributed by atoms with Crippen LogP contribution in [-0.4, -0.2) is 15.3 Å². The number of aromatic nitrogens is 2. The van der Waals surface area contributed by atoms with E-state index in [-0.39, 0.29) is 5.91 Å². The zero-order valence-electron chi connectivity index (χ0n) is 15.0. The van der Waals surface area contributed by atoms with E-state index in [1.165, 1.54) is 0 Å². The lowest BCUT2D eigenvalue weighted by Gasteiger charge is -2.12. The number of carbonyl (C=O) groups is 1. The Labute approximate surface area is 152 Å². The summed E-state index contributed by atoms with van der Waals surface area (Å²) in [7, 11) is 0. The Kier molecular flexibility index (Phi) is 4.82. The van der Waals surface area contributed by atoms with E-state index in [0.717, 1.165) is 40.9 Å². The van der Waals surface area contributed by atoms with Crippen LogP contribution in [0, 0.1) is 20.8 Å². The number of carbonyl (C=O) groups excluding carboxylic acids is 1. The van der Waals surface area contributed by atoms with Gasteiger partial charge in [0.1, 0.15) is 11.3 Å². The van der Waals surface area contributed by atoms with Crippen LogP contribution in [0.25, 0.3) is 5.65 Å². The smallest absolute Gasteiger partial charge is 0.274 e. The van der Waals surface area contributed by atoms with Gasteiger partial charge in [0.25, 0.3) is 5.91 Å². The van der Waals surface area contributed by atoms with Crippen molar-refractivity contribution in [1.82, 2.24) is 9.38 Å². The van der Waals surface area contributed by atoms with Crippen LogP contribution >= 0.6 is 11.6 Å². The molecule has 0 aliphatic carbocycles. The third-order valence-electron chi connectivity index (χ3n) is 4.21. The Hall–Kier alpha value is -2.33. The number of pyridine rings is 1. The van der Waals surface area contributed by atoms with Gasteiger partial charge in [0.15, 0.2) is 0 Å². The summed E-state index contributed by atoms with van der Waals surface area (Å²) >= 11 is 6.35. The van der Waals surface area contributed by atoms with Gasteiger partial charge in [0.2, 0.25) is 0 Å². The van der Waals surface area contributed by atoms with E-state index >= 15 is 0 Å². The number of amides is 1. The van der Waals surface area contributed by atoms with Crippen molar-refractivity contribution in [2.45, 2.75) is 40.5 Å². The van der Waals surface area contributed by atoms with E-state index in [2.05, 4.69) is 17.2 Å². The summed E-state index contributed by atoms with van der Waals surface area (Å²) < 4.78 is 1.87. The number of aryl methyl sites for hydroxylation is 4. The first kappa shape index (κ1) is 17.5. The Morgan fingerprint density at radius 1 is 1.20 bits per heavy atom. The maximum Gasteiger partial charge on any atom is 0.274 e. The largest absolute Gasteiger partial charge is 0.319 e. The first-order valence-corrected chi connectivity index (χ1v) is 8.84. The van der Waals surface area contributed by atoms with Gasteiger partial charge in [-0.1, -0.05) is 37.1 Å². The monoisotopic (exact) mass is 355 g/mol. The molecule has 0 saturated heterocycles. The van der Waals surface area contributed by atoms with E-state index in [4.69, 9.17) is 11.6 Å². The number of nitrogens with zero attached hydrogens (tertiary/aromatic N) is 2. The minimum absolute atomic E-state index is 0.185. The van der Waals surface area contributed by atoms with E-state index < -0.39 is 0 Å². The molecule has 0 bridgehead atoms. The van der Waals surface area contributed by atoms with Crippen LogP contribution in [0.3, 0.4) is 0 Å². The molecular formula is C20H22ClN3O. The zero-order valence-corrected chi connectivity index (χ0v) is 15.7. The number of anilines is 1. The molecule has 0 fully saturated rings. The molecule has 1 aromatic carbocycles. The first-order valence-electron chi connectivity index (χ1n) is 8.46. The minimum Gasteiger partial charge on any atom is -0.319 e. The van der Waals surface area contributed by atoms with Crippen LogP contribution in [0.4, 0.5) is 5.69 Å². The van der Waals surface area contributed by atoms with E-state index in [0.29, 0.717) is 16.4 Å². The van der Waals surface area contributed by atoms with E-state index in [9.17, 15) is 4.79 Å². The number of hydrogen-bond donors (Lipinski definition) is 1. The summed E-state index contributed by atoms with van der Waals surface area (Å²) in [4.78, 5) is 17.7. The van der Waals surface area contributed by atoms with Gasteiger partial charge in [-0.25, -0.2) is 4.98 Å². The number of fused-ring (bicyclic) bond motifs is 1. The summed E-state index contributed by atoms with van der Waals surface area (Å²) in [6.07, 6.45) is 3.62. The average molecular weight is 356 g/mol. The van der Waals surface area contributed by atoms with Gasteiger partial charge in [-0.2, -0.15) is 0 Å². The standard InChI is InChI=1S/C20H22ClN3O/c1-5-6-16-19(24-11-12(2)7-8-17(24)22-16)20(25)23-18-14(4)9-13(3)10-15(18)21/h7-11H,5-6H2,1-4H3,(H,23,25). The summed E-state index contributed by atoms with van der Waals surface area (Å²) in [5.41, 5.74) is 5.92. The van der Waals surface area contributed by atoms with Crippen LogP contribution in [-0.2, 0) is 6.42 Å². The molecule has 0 radical (unpaired) electrons. The molecule has 25 heavy (non-hydrogen) atoms. The third kappa shape index (κ3) is 3.40. The molecule has 3 aromatic rings. The number of imidazole rings is 1. The maximum absolute atomic E-state index is 13.1. The van der Waals surface area contributed by atoms with Crippen LogP contribution in [0.5, 0.6) is 0 Å². The van der Waals surface area contributed by atoms with Crippen LogP contribution in [0.15, 0.2) is 30.5 Å². The number of benzene rings is 1. The lowest BCUT2D eigenvalue weighted by Crippen LogP contribution is -2.17. The van der Waals surface area contributed by atoms with Crippen molar-refractivity contribution < 1.29 is 4.79 Å². The predicted octanol–water partition coefficient (Wildman–Crippen LogP) is 5.12. The number of halogens is 1. The molecule has 0 atom stereocenters. The minimum atomic E-state index is -0.185. The number of nitrogens with one attached hydrogen (secondary N) is 1. The van der Waals surface area contributed by atoms with Gasteiger partial charge in [-0.05, 0) is 56.0 Å². The molecule has 130 valence electrons. The average Bonchev–Trinajstić information content (AvgIpc) is 2.88. The third-order valence-corrected chi connectivity index (χ3v) is 4.51. The van der Waals surface area contributed by atoms with Crippen molar-refractivity contribution in [1.29, 1.82) is 0 Å². The molecule has 3 rings (SSSR count). The summed E-state index contributed by atoms with van der Waals surface area (Å²) in [5.74, 6) is -0.185. The summed E-state index contributed by atoms with van der Waals surface area (Å²) in [6.45, 7) is 8.01. The second kappa shape index (κ2) is 6.89. The summed E-state index contributed by atoms with van der Waals surface area (Å²) in [5, 5.41) is 3.54. The highest BCUT2D eigenvalue weighted by molar-refractivity contribution is 6.34. The number of rotatable bonds is 4. The Bertz CT molecular complexity index is 936. The van der Waals surface area contributed by atoms with Crippen LogP contribution < -0.4 is 5.32 Å². The fraction of sp³-hybridized carbons (Fsp3) is 0.300. The highest BCUT2D eigenvalue weighted by atomic mass is 35.5. The van der Waals surface area contributed by atoms with Gasteiger partial charge in [0, 0.05) is 6.20 Å². The SMILES string of the molecule is CCCc1nc2ccc(C)cn2c1C(=O)Nc1c(C)cc(C)cc1Cl. The lowest BCUT2D eigenvalue weighted by molar-refractivity contribution is 0.102. The molecule has 0 saturated carbocycles. The quantitative estimate of drug-likeness (QED) is 0.706. The normalized spacial score (nSPS) is 11.1. The molecule has 0 spiro atoms. The first-order chi connectivity index (χ1) is 11.9. The van der Waals surface area contributed by atoms with Crippen LogP contribution in [0.2, 0.25) is 5.02 Å². The topological polar surface area (TPSA) is 46.4 Å². The Morgan fingerprint density at radius 2 is 1.96 bits per heavy atom. The van der Waals surface area contributed by atoms with Crippen molar-refractivity contribution in [2.24, 2.45) is 0 Å². The molecule has 1 amide bonds. The predicted molar refractivity (Wildman–Crippen MR) is 103 cm³/mol. The van der Waals surface area contributed by atoms with Crippen molar-refractivity contribution in [3.63, 3.8) is 0 Å². The molecule has 1 N–H and O–H groups in total. The lowest BCUT2D eigenvalue weighted by atomic mass is 10.1. The fourth-order valence-electron chi connectivity index (χ4n) is 3.10. The van der Waals surface area contributed by atoms with Gasteiger partial charge in [-0.15, -0.1) is 0 Å². The van der Waals surface area contributed by atoms with Crippen molar-refractivity contribution in [3.05, 3.63) is 63.6 Å². The highest BCUT2D eigenvalue weighted by Crippen LogP contribution is 2.28. The van der Waals surface area contributed by atoms with Crippen molar-refractivity contribution >= 4 is 28.8 Å². The van der Waals surface area contributed by atoms with E-state index in [1.807, 2.05) is 55.6 Å². The highest BCUT2D eigenvalue weighted by Gasteiger charge is 2.20. The Morgan fingerprint density at radius 3 is 2.64 bits per heavy atom. The second-order valence-corrected chi connectivity index (χ2v) is 6.89. The number of hydrogen-bond acceptors (Lipinski definition) is 2. The molecule has 0 unspecified atom stereocenters. The van der Waals surface area contributed by atoms with Gasteiger partial charge < -0.3 is 5.32 Å². The maximum atomic E-state index is 13.1. The van der Waals surface area contributed by atoms with E-state index in [1.54, 1.807) is 0 Å². The van der Waals surface area contributed by atoms with Gasteiger partial charge in [-0.3, -0.25) is 9.20 Å². The molecule has 4 nitrogen and oxygen atoms in total. The molecule has 0 aliphatic rings. The van der Waals surface area contributed by atoms with Crippen LogP contribution in [0.1, 0.15) is 46.2 Å². The molecule has 0 aliphatic heterocycles. The molecule has 2 heterocycles. The second-order valence-electron chi connectivity index (χ2n) is 6.48. The molecule has 2 aromatic heterocycles. The van der Waals surface area contributed by atoms with Crippen molar-refractivity contribution in [3.8, 4) is 0 Å². The Balaban J connectivity index is 2.07. The fourth-order valence-corrected chi connectivity index (χ4v) is 3.47.